The average molecular weight is 254 g/mol. The highest BCUT2D eigenvalue weighted by Crippen LogP contribution is 2.19. The van der Waals surface area contributed by atoms with E-state index in [0.717, 1.165) is 38.5 Å². The van der Waals surface area contributed by atoms with E-state index in [9.17, 15) is 9.59 Å². The van der Waals surface area contributed by atoms with Crippen LogP contribution in [0.25, 0.3) is 0 Å². The monoisotopic (exact) mass is 254 g/mol. The first-order valence-electron chi connectivity index (χ1n) is 6.71. The molecule has 2 aliphatic heterocycles. The largest absolute Gasteiger partial charge is 0.330 e. The van der Waals surface area contributed by atoms with Gasteiger partial charge in [0.15, 0.2) is 0 Å². The molecule has 3 amide bonds. The number of carbonyl (C=O) groups excluding carboxylic acids is 2. The second kappa shape index (κ2) is 6.15. The van der Waals surface area contributed by atoms with Gasteiger partial charge in [0.05, 0.1) is 6.54 Å². The zero-order valence-electron chi connectivity index (χ0n) is 10.7. The molecule has 2 rings (SSSR count). The van der Waals surface area contributed by atoms with Crippen molar-refractivity contribution in [3.63, 3.8) is 0 Å². The zero-order valence-corrected chi connectivity index (χ0v) is 10.7. The number of nitrogens with two attached hydrogens (primary N) is 1. The quantitative estimate of drug-likeness (QED) is 0.654. The molecule has 0 spiro atoms. The van der Waals surface area contributed by atoms with Crippen molar-refractivity contribution in [2.45, 2.75) is 19.3 Å². The van der Waals surface area contributed by atoms with Crippen LogP contribution >= 0.6 is 0 Å². The molecule has 0 aromatic carbocycles. The number of likely N-dealkylation sites (tertiary alicyclic amines) is 1. The van der Waals surface area contributed by atoms with Gasteiger partial charge < -0.3 is 16.0 Å². The number of urea groups is 1. The minimum atomic E-state index is -0.252. The number of nitrogens with zero attached hydrogens (tertiary/aromatic N) is 2. The van der Waals surface area contributed by atoms with E-state index in [4.69, 9.17) is 5.73 Å². The van der Waals surface area contributed by atoms with Crippen molar-refractivity contribution in [3.8, 4) is 0 Å². The summed E-state index contributed by atoms with van der Waals surface area (Å²) in [6.45, 7) is 4.31. The molecule has 0 unspecified atom stereocenters. The Kier molecular flexibility index (Phi) is 4.54. The Hall–Kier alpha value is -1.14. The Morgan fingerprint density at radius 1 is 1.22 bits per heavy atom. The Labute approximate surface area is 107 Å². The van der Waals surface area contributed by atoms with Crippen molar-refractivity contribution < 1.29 is 9.59 Å². The van der Waals surface area contributed by atoms with Crippen LogP contribution in [-0.2, 0) is 4.79 Å². The van der Waals surface area contributed by atoms with E-state index in [-0.39, 0.29) is 18.5 Å². The van der Waals surface area contributed by atoms with Crippen LogP contribution in [0, 0.1) is 5.92 Å². The molecule has 2 heterocycles. The zero-order chi connectivity index (χ0) is 13.0. The van der Waals surface area contributed by atoms with Gasteiger partial charge in [-0.3, -0.25) is 9.69 Å². The first-order valence-corrected chi connectivity index (χ1v) is 6.71. The van der Waals surface area contributed by atoms with Gasteiger partial charge in [-0.2, -0.15) is 0 Å². The summed E-state index contributed by atoms with van der Waals surface area (Å²) < 4.78 is 0. The predicted molar refractivity (Wildman–Crippen MR) is 67.9 cm³/mol. The highest BCUT2D eigenvalue weighted by Gasteiger charge is 2.28. The SMILES string of the molecule is NCCC1CCN(CCN2C(=O)CNC2=O)CC1. The number of hydrogen-bond acceptors (Lipinski definition) is 4. The maximum absolute atomic E-state index is 11.4. The molecular weight excluding hydrogens is 232 g/mol. The summed E-state index contributed by atoms with van der Waals surface area (Å²) in [6.07, 6.45) is 3.47. The Bertz CT molecular complexity index is 297. The molecule has 3 N–H and O–H groups in total. The average Bonchev–Trinajstić information content (AvgIpc) is 2.69. The second-order valence-corrected chi connectivity index (χ2v) is 5.07. The molecule has 0 bridgehead atoms. The van der Waals surface area contributed by atoms with Gasteiger partial charge in [0, 0.05) is 13.1 Å². The van der Waals surface area contributed by atoms with Crippen molar-refractivity contribution >= 4 is 11.9 Å². The Morgan fingerprint density at radius 2 is 1.94 bits per heavy atom. The summed E-state index contributed by atoms with van der Waals surface area (Å²) in [4.78, 5) is 26.4. The van der Waals surface area contributed by atoms with Crippen LogP contribution in [0.2, 0.25) is 0 Å². The maximum atomic E-state index is 11.4. The van der Waals surface area contributed by atoms with Crippen LogP contribution in [0.5, 0.6) is 0 Å². The molecule has 2 saturated heterocycles. The molecule has 0 aromatic heterocycles. The van der Waals surface area contributed by atoms with Gasteiger partial charge in [-0.25, -0.2) is 4.79 Å². The smallest absolute Gasteiger partial charge is 0.324 e. The normalized spacial score (nSPS) is 22.6. The highest BCUT2D eigenvalue weighted by atomic mass is 16.2. The molecule has 18 heavy (non-hydrogen) atoms. The number of carbonyl (C=O) groups is 2. The van der Waals surface area contributed by atoms with Gasteiger partial charge in [-0.1, -0.05) is 0 Å². The van der Waals surface area contributed by atoms with Crippen LogP contribution in [0.15, 0.2) is 0 Å². The Balaban J connectivity index is 1.69. The first kappa shape index (κ1) is 13.3. The number of piperidine rings is 1. The minimum absolute atomic E-state index is 0.113. The Morgan fingerprint density at radius 3 is 2.50 bits per heavy atom. The first-order chi connectivity index (χ1) is 8.70. The summed E-state index contributed by atoms with van der Waals surface area (Å²) in [5, 5.41) is 2.54. The molecule has 0 atom stereocenters. The van der Waals surface area contributed by atoms with Crippen molar-refractivity contribution in [2.24, 2.45) is 11.7 Å². The van der Waals surface area contributed by atoms with Gasteiger partial charge in [0.2, 0.25) is 5.91 Å². The maximum Gasteiger partial charge on any atom is 0.324 e. The summed E-state index contributed by atoms with van der Waals surface area (Å²) in [5.41, 5.74) is 5.56. The number of nitrogens with one attached hydrogen (secondary N) is 1. The third-order valence-electron chi connectivity index (χ3n) is 3.86. The predicted octanol–water partition coefficient (Wildman–Crippen LogP) is -0.401. The number of amides is 3. The highest BCUT2D eigenvalue weighted by molar-refractivity contribution is 6.01. The topological polar surface area (TPSA) is 78.7 Å². The fourth-order valence-electron chi connectivity index (χ4n) is 2.66. The van der Waals surface area contributed by atoms with Crippen LogP contribution in [0.1, 0.15) is 19.3 Å². The number of rotatable bonds is 5. The van der Waals surface area contributed by atoms with Gasteiger partial charge in [-0.05, 0) is 44.8 Å². The summed E-state index contributed by atoms with van der Waals surface area (Å²) in [6, 6.07) is -0.252. The molecule has 102 valence electrons. The molecule has 6 nitrogen and oxygen atoms in total. The third kappa shape index (κ3) is 3.20. The van der Waals surface area contributed by atoms with Crippen molar-refractivity contribution in [3.05, 3.63) is 0 Å². The van der Waals surface area contributed by atoms with E-state index in [1.807, 2.05) is 0 Å². The lowest BCUT2D eigenvalue weighted by Gasteiger charge is -2.32. The number of imide groups is 1. The summed E-state index contributed by atoms with van der Waals surface area (Å²) in [5.74, 6) is 0.640. The van der Waals surface area contributed by atoms with Crippen molar-refractivity contribution in [1.82, 2.24) is 15.1 Å². The lowest BCUT2D eigenvalue weighted by molar-refractivity contribution is -0.125. The van der Waals surface area contributed by atoms with E-state index in [0.29, 0.717) is 6.54 Å². The minimum Gasteiger partial charge on any atom is -0.330 e. The van der Waals surface area contributed by atoms with E-state index >= 15 is 0 Å². The molecule has 0 aliphatic carbocycles. The molecule has 6 heteroatoms. The lowest BCUT2D eigenvalue weighted by Crippen LogP contribution is -2.42. The van der Waals surface area contributed by atoms with Gasteiger partial charge in [0.25, 0.3) is 0 Å². The van der Waals surface area contributed by atoms with Crippen LogP contribution < -0.4 is 11.1 Å². The molecule has 0 aromatic rings. The molecule has 2 aliphatic rings. The molecule has 0 radical (unpaired) electrons. The molecule has 2 fully saturated rings. The van der Waals surface area contributed by atoms with Crippen LogP contribution in [0.4, 0.5) is 4.79 Å². The van der Waals surface area contributed by atoms with Crippen LogP contribution in [0.3, 0.4) is 0 Å². The molecule has 0 saturated carbocycles. The van der Waals surface area contributed by atoms with Gasteiger partial charge in [0.1, 0.15) is 0 Å². The van der Waals surface area contributed by atoms with Gasteiger partial charge in [-0.15, -0.1) is 0 Å². The van der Waals surface area contributed by atoms with Crippen molar-refractivity contribution in [2.75, 3.05) is 39.3 Å². The van der Waals surface area contributed by atoms with Crippen molar-refractivity contribution in [1.29, 1.82) is 0 Å². The second-order valence-electron chi connectivity index (χ2n) is 5.07. The fraction of sp³-hybridized carbons (Fsp3) is 0.833. The summed E-state index contributed by atoms with van der Waals surface area (Å²) in [7, 11) is 0. The molecular formula is C12H22N4O2. The lowest BCUT2D eigenvalue weighted by atomic mass is 9.94. The van der Waals surface area contributed by atoms with E-state index in [1.165, 1.54) is 17.7 Å². The third-order valence-corrected chi connectivity index (χ3v) is 3.86. The van der Waals surface area contributed by atoms with E-state index in [1.54, 1.807) is 0 Å². The van der Waals surface area contributed by atoms with Crippen LogP contribution in [-0.4, -0.2) is 61.0 Å². The fourth-order valence-corrected chi connectivity index (χ4v) is 2.66. The summed E-state index contributed by atoms with van der Waals surface area (Å²) >= 11 is 0. The number of hydrogen-bond donors (Lipinski definition) is 2. The van der Waals surface area contributed by atoms with E-state index in [2.05, 4.69) is 10.2 Å². The van der Waals surface area contributed by atoms with Gasteiger partial charge >= 0.3 is 6.03 Å². The van der Waals surface area contributed by atoms with E-state index < -0.39 is 0 Å². The standard InChI is InChI=1S/C12H22N4O2/c13-4-1-10-2-5-15(6-3-10)7-8-16-11(17)9-14-12(16)18/h10H,1-9,13H2,(H,14,18).